The van der Waals surface area contributed by atoms with E-state index in [1.807, 2.05) is 6.07 Å². The molecule has 0 bridgehead atoms. The van der Waals surface area contributed by atoms with Crippen molar-refractivity contribution >= 4 is 38.9 Å². The molecule has 0 heterocycles. The summed E-state index contributed by atoms with van der Waals surface area (Å²) in [5, 5.41) is 5.48. The number of rotatable bonds is 8. The third-order valence-corrected chi connectivity index (χ3v) is 7.15. The summed E-state index contributed by atoms with van der Waals surface area (Å²) in [5.74, 6) is -0.522. The zero-order chi connectivity index (χ0) is 25.5. The van der Waals surface area contributed by atoms with E-state index in [1.54, 1.807) is 103 Å². The van der Waals surface area contributed by atoms with Crippen LogP contribution in [0.1, 0.15) is 22.8 Å². The number of sulfonamides is 1. The van der Waals surface area contributed by atoms with Gasteiger partial charge in [-0.25, -0.2) is 8.42 Å². The highest BCUT2D eigenvalue weighted by molar-refractivity contribution is 7.92. The fourth-order valence-electron chi connectivity index (χ4n) is 3.64. The number of benzene rings is 4. The molecule has 2 N–H and O–H groups in total. The standard InChI is InChI=1S/C28H25N3O4S/c1-21(32)29-24-9-8-10-25(19-24)30-28(33)23-17-15-22(16-18-23)20-31(26-11-4-2-5-12-26)36(34,35)27-13-6-3-7-14-27/h2-19H,20H2,1H3,(H,29,32)(H,30,33). The summed E-state index contributed by atoms with van der Waals surface area (Å²) in [5.41, 5.74) is 2.81. The molecule has 0 aromatic heterocycles. The molecule has 7 nitrogen and oxygen atoms in total. The van der Waals surface area contributed by atoms with Crippen LogP contribution in [-0.2, 0) is 21.4 Å². The average molecular weight is 500 g/mol. The summed E-state index contributed by atoms with van der Waals surface area (Å²) >= 11 is 0. The zero-order valence-electron chi connectivity index (χ0n) is 19.6. The topological polar surface area (TPSA) is 95.6 Å². The van der Waals surface area contributed by atoms with Crippen molar-refractivity contribution in [2.45, 2.75) is 18.4 Å². The average Bonchev–Trinajstić information content (AvgIpc) is 2.88. The first-order valence-electron chi connectivity index (χ1n) is 11.2. The lowest BCUT2D eigenvalue weighted by molar-refractivity contribution is -0.114. The van der Waals surface area contributed by atoms with Crippen LogP contribution >= 0.6 is 0 Å². The van der Waals surface area contributed by atoms with Crippen molar-refractivity contribution in [2.24, 2.45) is 0 Å². The molecule has 36 heavy (non-hydrogen) atoms. The Morgan fingerprint density at radius 3 is 1.92 bits per heavy atom. The lowest BCUT2D eigenvalue weighted by atomic mass is 10.1. The molecule has 0 aliphatic carbocycles. The van der Waals surface area contributed by atoms with Gasteiger partial charge in [-0.3, -0.25) is 13.9 Å². The Bertz CT molecular complexity index is 1460. The van der Waals surface area contributed by atoms with Gasteiger partial charge in [0, 0.05) is 23.9 Å². The Labute approximate surface area is 210 Å². The van der Waals surface area contributed by atoms with Crippen LogP contribution in [0.15, 0.2) is 114 Å². The van der Waals surface area contributed by atoms with E-state index < -0.39 is 10.0 Å². The van der Waals surface area contributed by atoms with Gasteiger partial charge in [-0.15, -0.1) is 0 Å². The minimum atomic E-state index is -3.81. The molecule has 0 aliphatic rings. The first kappa shape index (κ1) is 24.7. The van der Waals surface area contributed by atoms with E-state index in [4.69, 9.17) is 0 Å². The van der Waals surface area contributed by atoms with Crippen molar-refractivity contribution in [3.63, 3.8) is 0 Å². The van der Waals surface area contributed by atoms with Crippen molar-refractivity contribution in [1.29, 1.82) is 0 Å². The van der Waals surface area contributed by atoms with Gasteiger partial charge >= 0.3 is 0 Å². The molecule has 4 rings (SSSR count). The van der Waals surface area contributed by atoms with Gasteiger partial charge in [-0.2, -0.15) is 0 Å². The van der Waals surface area contributed by atoms with Gasteiger partial charge in [0.2, 0.25) is 5.91 Å². The minimum absolute atomic E-state index is 0.0991. The molecule has 4 aromatic carbocycles. The molecule has 0 aliphatic heterocycles. The second-order valence-corrected chi connectivity index (χ2v) is 9.94. The van der Waals surface area contributed by atoms with Crippen molar-refractivity contribution in [3.05, 3.63) is 120 Å². The second-order valence-electron chi connectivity index (χ2n) is 8.07. The molecule has 0 spiro atoms. The normalized spacial score (nSPS) is 10.9. The van der Waals surface area contributed by atoms with Crippen LogP contribution in [0.2, 0.25) is 0 Å². The first-order chi connectivity index (χ1) is 17.3. The first-order valence-corrected chi connectivity index (χ1v) is 12.7. The molecule has 0 unspecified atom stereocenters. The zero-order valence-corrected chi connectivity index (χ0v) is 20.4. The summed E-state index contributed by atoms with van der Waals surface area (Å²) in [6, 6.07) is 30.8. The van der Waals surface area contributed by atoms with E-state index in [0.29, 0.717) is 22.6 Å². The van der Waals surface area contributed by atoms with Gasteiger partial charge in [0.1, 0.15) is 0 Å². The van der Waals surface area contributed by atoms with E-state index in [2.05, 4.69) is 10.6 Å². The number of hydrogen-bond acceptors (Lipinski definition) is 4. The third kappa shape index (κ3) is 5.97. The highest BCUT2D eigenvalue weighted by Crippen LogP contribution is 2.26. The summed E-state index contributed by atoms with van der Waals surface area (Å²) in [6.07, 6.45) is 0. The van der Waals surface area contributed by atoms with Crippen LogP contribution in [-0.4, -0.2) is 20.2 Å². The Kier molecular flexibility index (Phi) is 7.46. The number of nitrogens with zero attached hydrogens (tertiary/aromatic N) is 1. The molecule has 8 heteroatoms. The van der Waals surface area contributed by atoms with Crippen LogP contribution in [0.5, 0.6) is 0 Å². The fraction of sp³-hybridized carbons (Fsp3) is 0.0714. The smallest absolute Gasteiger partial charge is 0.264 e. The molecule has 0 saturated heterocycles. The van der Waals surface area contributed by atoms with Crippen molar-refractivity contribution < 1.29 is 18.0 Å². The lowest BCUT2D eigenvalue weighted by Crippen LogP contribution is -2.30. The maximum absolute atomic E-state index is 13.4. The number of carbonyl (C=O) groups is 2. The number of hydrogen-bond donors (Lipinski definition) is 2. The number of anilines is 3. The van der Waals surface area contributed by atoms with Crippen LogP contribution < -0.4 is 14.9 Å². The van der Waals surface area contributed by atoms with E-state index >= 15 is 0 Å². The Hall–Kier alpha value is -4.43. The number of amides is 2. The van der Waals surface area contributed by atoms with Gasteiger partial charge in [0.15, 0.2) is 0 Å². The summed E-state index contributed by atoms with van der Waals surface area (Å²) in [6.45, 7) is 1.51. The maximum Gasteiger partial charge on any atom is 0.264 e. The summed E-state index contributed by atoms with van der Waals surface area (Å²) in [7, 11) is -3.81. The van der Waals surface area contributed by atoms with E-state index in [0.717, 1.165) is 5.56 Å². The molecule has 0 fully saturated rings. The number of nitrogens with one attached hydrogen (secondary N) is 2. The predicted molar refractivity (Wildman–Crippen MR) is 141 cm³/mol. The maximum atomic E-state index is 13.4. The molecule has 4 aromatic rings. The SMILES string of the molecule is CC(=O)Nc1cccc(NC(=O)c2ccc(CN(c3ccccc3)S(=O)(=O)c3ccccc3)cc2)c1. The quantitative estimate of drug-likeness (QED) is 0.344. The van der Waals surface area contributed by atoms with E-state index in [9.17, 15) is 18.0 Å². The highest BCUT2D eigenvalue weighted by atomic mass is 32.2. The minimum Gasteiger partial charge on any atom is -0.326 e. The molecule has 2 amide bonds. The number of para-hydroxylation sites is 1. The molecule has 182 valence electrons. The van der Waals surface area contributed by atoms with Crippen LogP contribution in [0.3, 0.4) is 0 Å². The number of carbonyl (C=O) groups excluding carboxylic acids is 2. The molecule has 0 saturated carbocycles. The Morgan fingerprint density at radius 1 is 0.722 bits per heavy atom. The molecular weight excluding hydrogens is 474 g/mol. The van der Waals surface area contributed by atoms with Gasteiger partial charge in [0.25, 0.3) is 15.9 Å². The monoisotopic (exact) mass is 499 g/mol. The van der Waals surface area contributed by atoms with Crippen molar-refractivity contribution in [2.75, 3.05) is 14.9 Å². The Morgan fingerprint density at radius 2 is 1.31 bits per heavy atom. The third-order valence-electron chi connectivity index (χ3n) is 5.36. The van der Waals surface area contributed by atoms with E-state index in [1.165, 1.54) is 11.2 Å². The fourth-order valence-corrected chi connectivity index (χ4v) is 5.11. The lowest BCUT2D eigenvalue weighted by Gasteiger charge is -2.25. The Balaban J connectivity index is 1.53. The van der Waals surface area contributed by atoms with Crippen LogP contribution in [0.25, 0.3) is 0 Å². The van der Waals surface area contributed by atoms with Gasteiger partial charge < -0.3 is 10.6 Å². The largest absolute Gasteiger partial charge is 0.326 e. The van der Waals surface area contributed by atoms with Crippen molar-refractivity contribution in [3.8, 4) is 0 Å². The van der Waals surface area contributed by atoms with Gasteiger partial charge in [0.05, 0.1) is 17.1 Å². The summed E-state index contributed by atoms with van der Waals surface area (Å²) in [4.78, 5) is 24.2. The molecule has 0 atom stereocenters. The van der Waals surface area contributed by atoms with E-state index in [-0.39, 0.29) is 23.3 Å². The molecule has 0 radical (unpaired) electrons. The van der Waals surface area contributed by atoms with Crippen molar-refractivity contribution in [1.82, 2.24) is 0 Å². The molecular formula is C28H25N3O4S. The summed E-state index contributed by atoms with van der Waals surface area (Å²) < 4.78 is 28.2. The van der Waals surface area contributed by atoms with Gasteiger partial charge in [-0.05, 0) is 60.2 Å². The highest BCUT2D eigenvalue weighted by Gasteiger charge is 2.25. The van der Waals surface area contributed by atoms with Gasteiger partial charge in [-0.1, -0.05) is 54.6 Å². The van der Waals surface area contributed by atoms with Crippen LogP contribution in [0.4, 0.5) is 17.1 Å². The predicted octanol–water partition coefficient (Wildman–Crippen LogP) is 5.29. The van der Waals surface area contributed by atoms with Crippen LogP contribution in [0, 0.1) is 0 Å². The second kappa shape index (κ2) is 10.9.